The quantitative estimate of drug-likeness (QED) is 0.815. The van der Waals surface area contributed by atoms with Crippen LogP contribution in [0.1, 0.15) is 11.1 Å². The SMILES string of the molecule is COc1ccc(COCc2cc(F)ccc2Br)cc1. The normalized spacial score (nSPS) is 10.5. The summed E-state index contributed by atoms with van der Waals surface area (Å²) in [6.07, 6.45) is 0. The third kappa shape index (κ3) is 4.04. The van der Waals surface area contributed by atoms with Crippen LogP contribution in [0.15, 0.2) is 46.9 Å². The van der Waals surface area contributed by atoms with Crippen molar-refractivity contribution >= 4 is 15.9 Å². The third-order valence-corrected chi connectivity index (χ3v) is 3.47. The molecule has 0 spiro atoms. The predicted molar refractivity (Wildman–Crippen MR) is 75.6 cm³/mol. The Kier molecular flexibility index (Phi) is 4.93. The second kappa shape index (κ2) is 6.68. The lowest BCUT2D eigenvalue weighted by Gasteiger charge is -2.07. The molecule has 0 amide bonds. The van der Waals surface area contributed by atoms with Gasteiger partial charge in [0.1, 0.15) is 11.6 Å². The number of hydrogen-bond acceptors (Lipinski definition) is 2. The zero-order valence-corrected chi connectivity index (χ0v) is 12.1. The highest BCUT2D eigenvalue weighted by molar-refractivity contribution is 9.10. The van der Waals surface area contributed by atoms with Crippen molar-refractivity contribution in [2.24, 2.45) is 0 Å². The lowest BCUT2D eigenvalue weighted by molar-refractivity contribution is 0.106. The summed E-state index contributed by atoms with van der Waals surface area (Å²) in [7, 11) is 1.63. The van der Waals surface area contributed by atoms with Crippen LogP contribution >= 0.6 is 15.9 Å². The number of methoxy groups -OCH3 is 1. The lowest BCUT2D eigenvalue weighted by Crippen LogP contribution is -1.96. The summed E-state index contributed by atoms with van der Waals surface area (Å²) < 4.78 is 24.6. The molecule has 0 radical (unpaired) electrons. The highest BCUT2D eigenvalue weighted by Crippen LogP contribution is 2.19. The van der Waals surface area contributed by atoms with E-state index in [1.807, 2.05) is 24.3 Å². The molecule has 0 N–H and O–H groups in total. The van der Waals surface area contributed by atoms with Gasteiger partial charge in [0, 0.05) is 4.47 Å². The number of benzene rings is 2. The molecular weight excluding hydrogens is 311 g/mol. The van der Waals surface area contributed by atoms with Crippen molar-refractivity contribution in [3.63, 3.8) is 0 Å². The Hall–Kier alpha value is -1.39. The topological polar surface area (TPSA) is 18.5 Å². The maximum atomic E-state index is 13.1. The maximum Gasteiger partial charge on any atom is 0.123 e. The minimum absolute atomic E-state index is 0.258. The molecule has 0 unspecified atom stereocenters. The van der Waals surface area contributed by atoms with Gasteiger partial charge in [-0.2, -0.15) is 0 Å². The van der Waals surface area contributed by atoms with E-state index in [2.05, 4.69) is 15.9 Å². The van der Waals surface area contributed by atoms with Crippen molar-refractivity contribution < 1.29 is 13.9 Å². The molecule has 2 nitrogen and oxygen atoms in total. The first kappa shape index (κ1) is 14.0. The summed E-state index contributed by atoms with van der Waals surface area (Å²) in [5.74, 6) is 0.558. The van der Waals surface area contributed by atoms with Gasteiger partial charge in [0.2, 0.25) is 0 Å². The Morgan fingerprint density at radius 3 is 2.47 bits per heavy atom. The fourth-order valence-corrected chi connectivity index (χ4v) is 2.02. The average molecular weight is 325 g/mol. The molecule has 4 heteroatoms. The van der Waals surface area contributed by atoms with Crippen LogP contribution in [0.25, 0.3) is 0 Å². The molecule has 0 bridgehead atoms. The molecule has 0 aliphatic rings. The molecular formula is C15H14BrFO2. The second-order valence-electron chi connectivity index (χ2n) is 4.08. The molecule has 0 heterocycles. The highest BCUT2D eigenvalue weighted by atomic mass is 79.9. The van der Waals surface area contributed by atoms with Crippen molar-refractivity contribution in [3.8, 4) is 5.75 Å². The highest BCUT2D eigenvalue weighted by Gasteiger charge is 2.02. The van der Waals surface area contributed by atoms with Gasteiger partial charge in [-0.15, -0.1) is 0 Å². The summed E-state index contributed by atoms with van der Waals surface area (Å²) in [5, 5.41) is 0. The third-order valence-electron chi connectivity index (χ3n) is 2.69. The fraction of sp³-hybridized carbons (Fsp3) is 0.200. The van der Waals surface area contributed by atoms with E-state index in [1.54, 1.807) is 13.2 Å². The number of ether oxygens (including phenoxy) is 2. The van der Waals surface area contributed by atoms with Crippen molar-refractivity contribution in [2.75, 3.05) is 7.11 Å². The van der Waals surface area contributed by atoms with Crippen molar-refractivity contribution in [3.05, 3.63) is 63.9 Å². The first-order chi connectivity index (χ1) is 9.19. The lowest BCUT2D eigenvalue weighted by atomic mass is 10.2. The number of rotatable bonds is 5. The van der Waals surface area contributed by atoms with Crippen LogP contribution in [0.4, 0.5) is 4.39 Å². The van der Waals surface area contributed by atoms with E-state index in [9.17, 15) is 4.39 Å². The Morgan fingerprint density at radius 2 is 1.79 bits per heavy atom. The standard InChI is InChI=1S/C15H14BrFO2/c1-18-14-5-2-11(3-6-14)9-19-10-12-8-13(17)4-7-15(12)16/h2-8H,9-10H2,1H3. The molecule has 0 saturated heterocycles. The molecule has 2 aromatic rings. The molecule has 2 rings (SSSR count). The molecule has 100 valence electrons. The van der Waals surface area contributed by atoms with E-state index in [1.165, 1.54) is 12.1 Å². The fourth-order valence-electron chi connectivity index (χ4n) is 1.65. The zero-order chi connectivity index (χ0) is 13.7. The average Bonchev–Trinajstić information content (AvgIpc) is 2.43. The van der Waals surface area contributed by atoms with Gasteiger partial charge in [-0.05, 0) is 41.5 Å². The van der Waals surface area contributed by atoms with Gasteiger partial charge in [-0.3, -0.25) is 0 Å². The van der Waals surface area contributed by atoms with E-state index in [4.69, 9.17) is 9.47 Å². The summed E-state index contributed by atoms with van der Waals surface area (Å²) in [6, 6.07) is 12.2. The van der Waals surface area contributed by atoms with Crippen LogP contribution < -0.4 is 4.74 Å². The van der Waals surface area contributed by atoms with Crippen LogP contribution in [-0.4, -0.2) is 7.11 Å². The number of hydrogen-bond donors (Lipinski definition) is 0. The maximum absolute atomic E-state index is 13.1. The molecule has 19 heavy (non-hydrogen) atoms. The van der Waals surface area contributed by atoms with Gasteiger partial charge in [0.15, 0.2) is 0 Å². The van der Waals surface area contributed by atoms with Crippen LogP contribution in [0.5, 0.6) is 5.75 Å². The van der Waals surface area contributed by atoms with Crippen molar-refractivity contribution in [2.45, 2.75) is 13.2 Å². The molecule has 0 aliphatic carbocycles. The van der Waals surface area contributed by atoms with Gasteiger partial charge in [-0.25, -0.2) is 4.39 Å². The predicted octanol–water partition coefficient (Wildman–Crippen LogP) is 4.31. The second-order valence-corrected chi connectivity index (χ2v) is 4.93. The molecule has 0 aliphatic heterocycles. The van der Waals surface area contributed by atoms with Gasteiger partial charge < -0.3 is 9.47 Å². The minimum Gasteiger partial charge on any atom is -0.497 e. The van der Waals surface area contributed by atoms with E-state index in [-0.39, 0.29) is 5.82 Å². The molecule has 0 atom stereocenters. The molecule has 0 aromatic heterocycles. The van der Waals surface area contributed by atoms with Crippen LogP contribution in [0.2, 0.25) is 0 Å². The Balaban J connectivity index is 1.90. The van der Waals surface area contributed by atoms with Crippen LogP contribution in [0, 0.1) is 5.82 Å². The van der Waals surface area contributed by atoms with Gasteiger partial charge in [-0.1, -0.05) is 28.1 Å². The smallest absolute Gasteiger partial charge is 0.123 e. The van der Waals surface area contributed by atoms with E-state index < -0.39 is 0 Å². The van der Waals surface area contributed by atoms with Gasteiger partial charge in [0.25, 0.3) is 0 Å². The molecule has 0 fully saturated rings. The number of halogens is 2. The van der Waals surface area contributed by atoms with Gasteiger partial charge >= 0.3 is 0 Å². The van der Waals surface area contributed by atoms with Crippen molar-refractivity contribution in [1.82, 2.24) is 0 Å². The van der Waals surface area contributed by atoms with Crippen molar-refractivity contribution in [1.29, 1.82) is 0 Å². The first-order valence-corrected chi connectivity index (χ1v) is 6.63. The Morgan fingerprint density at radius 1 is 1.05 bits per heavy atom. The summed E-state index contributed by atoms with van der Waals surface area (Å²) in [6.45, 7) is 0.845. The Bertz CT molecular complexity index is 540. The largest absolute Gasteiger partial charge is 0.497 e. The minimum atomic E-state index is -0.258. The molecule has 2 aromatic carbocycles. The first-order valence-electron chi connectivity index (χ1n) is 5.83. The van der Waals surface area contributed by atoms with Crippen LogP contribution in [-0.2, 0) is 18.0 Å². The zero-order valence-electron chi connectivity index (χ0n) is 10.5. The van der Waals surface area contributed by atoms with Crippen LogP contribution in [0.3, 0.4) is 0 Å². The summed E-state index contributed by atoms with van der Waals surface area (Å²) in [5.41, 5.74) is 1.85. The van der Waals surface area contributed by atoms with E-state index in [0.29, 0.717) is 13.2 Å². The summed E-state index contributed by atoms with van der Waals surface area (Å²) in [4.78, 5) is 0. The van der Waals surface area contributed by atoms with Gasteiger partial charge in [0.05, 0.1) is 20.3 Å². The van der Waals surface area contributed by atoms with E-state index >= 15 is 0 Å². The van der Waals surface area contributed by atoms with E-state index in [0.717, 1.165) is 21.3 Å². The summed E-state index contributed by atoms with van der Waals surface area (Å²) >= 11 is 3.37. The monoisotopic (exact) mass is 324 g/mol. The Labute approximate surface area is 120 Å². The molecule has 0 saturated carbocycles.